The number of aromatic nitrogens is 6. The second kappa shape index (κ2) is 10.5. The molecule has 8 heteroatoms. The molecule has 8 aromatic rings. The molecule has 8 rings (SSSR count). The maximum atomic E-state index is 15.7. The smallest absolute Gasteiger partial charge is 0.149 e. The molecule has 0 saturated heterocycles. The molecular formula is C40H34F2N6. The van der Waals surface area contributed by atoms with Crippen LogP contribution < -0.4 is 0 Å². The summed E-state index contributed by atoms with van der Waals surface area (Å²) in [4.78, 5) is 19.3. The molecule has 4 aromatic heterocycles. The molecule has 0 N–H and O–H groups in total. The first-order valence-electron chi connectivity index (χ1n) is 16.0. The van der Waals surface area contributed by atoms with Gasteiger partial charge in [-0.05, 0) is 59.7 Å². The van der Waals surface area contributed by atoms with Gasteiger partial charge in [-0.15, -0.1) is 0 Å². The Morgan fingerprint density at radius 2 is 0.896 bits per heavy atom. The van der Waals surface area contributed by atoms with E-state index in [9.17, 15) is 0 Å². The van der Waals surface area contributed by atoms with Crippen LogP contribution in [0.5, 0.6) is 0 Å². The molecule has 0 bridgehead atoms. The largest absolute Gasteiger partial charge is 0.294 e. The Morgan fingerprint density at radius 3 is 1.29 bits per heavy atom. The van der Waals surface area contributed by atoms with Gasteiger partial charge in [-0.25, -0.2) is 28.7 Å². The minimum Gasteiger partial charge on any atom is -0.294 e. The summed E-state index contributed by atoms with van der Waals surface area (Å²) in [7, 11) is 0. The minimum absolute atomic E-state index is 0.286. The van der Waals surface area contributed by atoms with E-state index in [0.717, 1.165) is 32.6 Å². The molecule has 0 fully saturated rings. The van der Waals surface area contributed by atoms with Crippen molar-refractivity contribution in [1.29, 1.82) is 0 Å². The average molecular weight is 637 g/mol. The third-order valence-electron chi connectivity index (χ3n) is 8.79. The summed E-state index contributed by atoms with van der Waals surface area (Å²) in [5, 5.41) is 3.69. The van der Waals surface area contributed by atoms with Crippen LogP contribution in [0.1, 0.15) is 53.2 Å². The Kier molecular flexibility index (Phi) is 6.54. The summed E-state index contributed by atoms with van der Waals surface area (Å²) < 4.78 is 35.2. The lowest BCUT2D eigenvalue weighted by Crippen LogP contribution is -2.16. The van der Waals surface area contributed by atoms with Crippen molar-refractivity contribution in [2.24, 2.45) is 0 Å². The molecule has 0 aliphatic heterocycles. The summed E-state index contributed by atoms with van der Waals surface area (Å²) in [6, 6.07) is 25.5. The van der Waals surface area contributed by atoms with Gasteiger partial charge in [0.1, 0.15) is 34.6 Å². The van der Waals surface area contributed by atoms with E-state index in [-0.39, 0.29) is 10.8 Å². The highest BCUT2D eigenvalue weighted by molar-refractivity contribution is 6.08. The summed E-state index contributed by atoms with van der Waals surface area (Å²) in [6.07, 6.45) is 3.70. The molecule has 0 unspecified atom stereocenters. The Hall–Kier alpha value is -5.50. The van der Waals surface area contributed by atoms with Crippen molar-refractivity contribution in [3.63, 3.8) is 0 Å². The van der Waals surface area contributed by atoms with Gasteiger partial charge in [0, 0.05) is 44.8 Å². The first-order valence-corrected chi connectivity index (χ1v) is 16.0. The number of para-hydroxylation sites is 2. The minimum atomic E-state index is -0.441. The summed E-state index contributed by atoms with van der Waals surface area (Å²) in [5.74, 6) is 0.498. The van der Waals surface area contributed by atoms with E-state index in [1.54, 1.807) is 0 Å². The van der Waals surface area contributed by atoms with Crippen LogP contribution >= 0.6 is 0 Å². The SMILES string of the molecule is CC(C)(C)c1ncc2c3ccccc3n(-c3cc(F)cc(-c4cc(F)cc(-n5c6ccccc6c6cnc(C(C)(C)C)nc65)c4)c3)c2n1. The van der Waals surface area contributed by atoms with Crippen molar-refractivity contribution < 1.29 is 8.78 Å². The quantitative estimate of drug-likeness (QED) is 0.194. The predicted molar refractivity (Wildman–Crippen MR) is 189 cm³/mol. The first kappa shape index (κ1) is 29.9. The zero-order valence-electron chi connectivity index (χ0n) is 27.7. The van der Waals surface area contributed by atoms with E-state index in [4.69, 9.17) is 9.97 Å². The molecule has 0 saturated carbocycles. The van der Waals surface area contributed by atoms with Gasteiger partial charge in [-0.2, -0.15) is 0 Å². The van der Waals surface area contributed by atoms with Gasteiger partial charge >= 0.3 is 0 Å². The molecule has 238 valence electrons. The van der Waals surface area contributed by atoms with Crippen LogP contribution in [0, 0.1) is 11.6 Å². The van der Waals surface area contributed by atoms with Crippen LogP contribution in [0.25, 0.3) is 66.4 Å². The fourth-order valence-electron chi connectivity index (χ4n) is 6.47. The van der Waals surface area contributed by atoms with Crippen LogP contribution in [-0.2, 0) is 10.8 Å². The number of rotatable bonds is 3. The van der Waals surface area contributed by atoms with Crippen LogP contribution in [0.15, 0.2) is 97.3 Å². The van der Waals surface area contributed by atoms with E-state index < -0.39 is 11.6 Å². The number of hydrogen-bond donors (Lipinski definition) is 0. The van der Waals surface area contributed by atoms with Gasteiger partial charge in [0.15, 0.2) is 0 Å². The molecule has 0 aliphatic carbocycles. The van der Waals surface area contributed by atoms with Crippen LogP contribution in [-0.4, -0.2) is 29.1 Å². The second-order valence-electron chi connectivity index (χ2n) is 14.5. The maximum Gasteiger partial charge on any atom is 0.149 e. The third kappa shape index (κ3) is 4.82. The van der Waals surface area contributed by atoms with Gasteiger partial charge in [-0.1, -0.05) is 77.9 Å². The third-order valence-corrected chi connectivity index (χ3v) is 8.79. The Bertz CT molecular complexity index is 2390. The Labute approximate surface area is 276 Å². The molecular weight excluding hydrogens is 602 g/mol. The van der Waals surface area contributed by atoms with Gasteiger partial charge in [-0.3, -0.25) is 9.13 Å². The lowest BCUT2D eigenvalue weighted by Gasteiger charge is -2.17. The number of halogens is 2. The van der Waals surface area contributed by atoms with Gasteiger partial charge in [0.05, 0.1) is 22.4 Å². The van der Waals surface area contributed by atoms with E-state index in [2.05, 4.69) is 51.5 Å². The van der Waals surface area contributed by atoms with Crippen molar-refractivity contribution in [3.05, 3.63) is 121 Å². The summed E-state index contributed by atoms with van der Waals surface area (Å²) in [6.45, 7) is 12.4. The fourth-order valence-corrected chi connectivity index (χ4v) is 6.47. The molecule has 6 nitrogen and oxygen atoms in total. The molecule has 4 heterocycles. The van der Waals surface area contributed by atoms with Crippen molar-refractivity contribution in [3.8, 4) is 22.5 Å². The van der Waals surface area contributed by atoms with Crippen LogP contribution in [0.2, 0.25) is 0 Å². The van der Waals surface area contributed by atoms with Crippen molar-refractivity contribution in [2.75, 3.05) is 0 Å². The van der Waals surface area contributed by atoms with Crippen molar-refractivity contribution in [2.45, 2.75) is 52.4 Å². The molecule has 0 aliphatic rings. The predicted octanol–water partition coefficient (Wildman–Crippen LogP) is 10.0. The highest BCUT2D eigenvalue weighted by Gasteiger charge is 2.23. The average Bonchev–Trinajstić information content (AvgIpc) is 3.55. The Morgan fingerprint density at radius 1 is 0.500 bits per heavy atom. The van der Waals surface area contributed by atoms with Gasteiger partial charge in [0.25, 0.3) is 0 Å². The van der Waals surface area contributed by atoms with Crippen LogP contribution in [0.4, 0.5) is 8.78 Å². The van der Waals surface area contributed by atoms with Crippen molar-refractivity contribution in [1.82, 2.24) is 29.1 Å². The standard InChI is InChI=1S/C40H34F2N6/c1-39(2,3)37-43-21-31-29-11-7-9-13-33(29)47(35(31)45-37)27-17-23(15-25(41)19-27)24-16-26(42)20-28(18-24)48-34-14-10-8-12-30(34)32-22-44-38(40(4,5)6)46-36(32)48/h7-22H,1-6H3. The number of nitrogens with zero attached hydrogens (tertiary/aromatic N) is 6. The zero-order chi connectivity index (χ0) is 33.5. The number of hydrogen-bond acceptors (Lipinski definition) is 4. The Balaban J connectivity index is 1.35. The van der Waals surface area contributed by atoms with Gasteiger partial charge in [0.2, 0.25) is 0 Å². The zero-order valence-corrected chi connectivity index (χ0v) is 27.7. The topological polar surface area (TPSA) is 61.4 Å². The van der Waals surface area contributed by atoms with Gasteiger partial charge < -0.3 is 0 Å². The lowest BCUT2D eigenvalue weighted by molar-refractivity contribution is 0.547. The fraction of sp³-hybridized carbons (Fsp3) is 0.200. The highest BCUT2D eigenvalue weighted by atomic mass is 19.1. The summed E-state index contributed by atoms with van der Waals surface area (Å²) >= 11 is 0. The molecule has 0 spiro atoms. The maximum absolute atomic E-state index is 15.7. The molecule has 4 aromatic carbocycles. The molecule has 48 heavy (non-hydrogen) atoms. The highest BCUT2D eigenvalue weighted by Crippen LogP contribution is 2.36. The first-order chi connectivity index (χ1) is 22.9. The van der Waals surface area contributed by atoms with E-state index in [1.807, 2.05) is 82.2 Å². The monoisotopic (exact) mass is 636 g/mol. The number of benzene rings is 4. The van der Waals surface area contributed by atoms with Crippen LogP contribution in [0.3, 0.4) is 0 Å². The second-order valence-corrected chi connectivity index (χ2v) is 14.5. The lowest BCUT2D eigenvalue weighted by atomic mass is 9.96. The van der Waals surface area contributed by atoms with Crippen molar-refractivity contribution >= 4 is 43.9 Å². The normalized spacial score (nSPS) is 12.6. The molecule has 0 atom stereocenters. The van der Waals surface area contributed by atoms with E-state index in [0.29, 0.717) is 45.4 Å². The van der Waals surface area contributed by atoms with E-state index in [1.165, 1.54) is 24.3 Å². The molecule has 0 radical (unpaired) electrons. The number of fused-ring (bicyclic) bond motifs is 6. The molecule has 0 amide bonds. The van der Waals surface area contributed by atoms with E-state index >= 15 is 8.78 Å². The summed E-state index contributed by atoms with van der Waals surface area (Å²) in [5.41, 5.74) is 4.80.